The molecule has 142 valence electrons. The third-order valence-electron chi connectivity index (χ3n) is 5.08. The predicted octanol–water partition coefficient (Wildman–Crippen LogP) is 3.65. The number of benzene rings is 1. The molecule has 1 heterocycles. The minimum Gasteiger partial charge on any atom is -0.445 e. The zero-order valence-corrected chi connectivity index (χ0v) is 16.0. The lowest BCUT2D eigenvalue weighted by molar-refractivity contribution is -0.101. The largest absolute Gasteiger partial charge is 0.445 e. The van der Waals surface area contributed by atoms with Crippen LogP contribution in [-0.4, -0.2) is 53.8 Å². The van der Waals surface area contributed by atoms with Crippen molar-refractivity contribution in [1.29, 1.82) is 0 Å². The van der Waals surface area contributed by atoms with Gasteiger partial charge >= 0.3 is 12.2 Å². The van der Waals surface area contributed by atoms with Crippen molar-refractivity contribution in [2.75, 3.05) is 20.1 Å². The Kier molecular flexibility index (Phi) is 4.86. The molecule has 6 nitrogen and oxygen atoms in total. The molecule has 2 aliphatic rings. The maximum atomic E-state index is 12.2. The first-order chi connectivity index (χ1) is 12.2. The van der Waals surface area contributed by atoms with Crippen molar-refractivity contribution in [3.8, 4) is 0 Å². The first-order valence-corrected chi connectivity index (χ1v) is 9.09. The smallest absolute Gasteiger partial charge is 0.410 e. The van der Waals surface area contributed by atoms with Gasteiger partial charge in [-0.3, -0.25) is 0 Å². The molecule has 2 amide bonds. The second-order valence-corrected chi connectivity index (χ2v) is 8.55. The fourth-order valence-corrected chi connectivity index (χ4v) is 3.66. The lowest BCUT2D eigenvalue weighted by atomic mass is 9.60. The SMILES string of the molecule is CN(C(=O)OCc1ccccc1)C1CC2(C1)CN(C(=O)OC(C)(C)C)C2. The summed E-state index contributed by atoms with van der Waals surface area (Å²) in [6.07, 6.45) is 1.27. The first-order valence-electron chi connectivity index (χ1n) is 9.09. The topological polar surface area (TPSA) is 59.1 Å². The number of nitrogens with zero attached hydrogens (tertiary/aromatic N) is 2. The van der Waals surface area contributed by atoms with Gasteiger partial charge in [0.15, 0.2) is 0 Å². The summed E-state index contributed by atoms with van der Waals surface area (Å²) in [5, 5.41) is 0. The van der Waals surface area contributed by atoms with Crippen LogP contribution in [0.2, 0.25) is 0 Å². The van der Waals surface area contributed by atoms with Gasteiger partial charge in [0.25, 0.3) is 0 Å². The molecule has 0 aromatic heterocycles. The number of carbonyl (C=O) groups excluding carboxylic acids is 2. The van der Waals surface area contributed by atoms with Gasteiger partial charge in [-0.05, 0) is 39.2 Å². The van der Waals surface area contributed by atoms with Crippen LogP contribution < -0.4 is 0 Å². The Morgan fingerprint density at radius 2 is 1.81 bits per heavy atom. The number of hydrogen-bond acceptors (Lipinski definition) is 4. The van der Waals surface area contributed by atoms with E-state index in [0.717, 1.165) is 18.4 Å². The maximum Gasteiger partial charge on any atom is 0.410 e. The fourth-order valence-electron chi connectivity index (χ4n) is 3.66. The highest BCUT2D eigenvalue weighted by Crippen LogP contribution is 2.50. The highest BCUT2D eigenvalue weighted by atomic mass is 16.6. The Hall–Kier alpha value is -2.24. The molecule has 0 radical (unpaired) electrons. The molecule has 0 bridgehead atoms. The van der Waals surface area contributed by atoms with Gasteiger partial charge in [0.05, 0.1) is 0 Å². The van der Waals surface area contributed by atoms with E-state index >= 15 is 0 Å². The molecule has 1 saturated heterocycles. The van der Waals surface area contributed by atoms with Crippen molar-refractivity contribution in [1.82, 2.24) is 9.80 Å². The summed E-state index contributed by atoms with van der Waals surface area (Å²) in [4.78, 5) is 27.7. The highest BCUT2D eigenvalue weighted by molar-refractivity contribution is 5.70. The van der Waals surface area contributed by atoms with Gasteiger partial charge in [0.2, 0.25) is 0 Å². The molecule has 0 atom stereocenters. The van der Waals surface area contributed by atoms with Crippen molar-refractivity contribution in [3.05, 3.63) is 35.9 Å². The molecular weight excluding hydrogens is 332 g/mol. The number of hydrogen-bond donors (Lipinski definition) is 0. The molecular formula is C20H28N2O4. The van der Waals surface area contributed by atoms with Crippen molar-refractivity contribution in [3.63, 3.8) is 0 Å². The third kappa shape index (κ3) is 4.11. The molecule has 2 fully saturated rings. The molecule has 1 aromatic rings. The fraction of sp³-hybridized carbons (Fsp3) is 0.600. The van der Waals surface area contributed by atoms with E-state index in [9.17, 15) is 9.59 Å². The summed E-state index contributed by atoms with van der Waals surface area (Å²) >= 11 is 0. The lowest BCUT2D eigenvalue weighted by Gasteiger charge is -2.59. The summed E-state index contributed by atoms with van der Waals surface area (Å²) in [5.41, 5.74) is 0.659. The molecule has 1 aliphatic carbocycles. The van der Waals surface area contributed by atoms with E-state index in [-0.39, 0.29) is 30.3 Å². The Morgan fingerprint density at radius 3 is 2.38 bits per heavy atom. The average molecular weight is 360 g/mol. The highest BCUT2D eigenvalue weighted by Gasteiger charge is 2.56. The average Bonchev–Trinajstić information content (AvgIpc) is 2.49. The molecule has 0 unspecified atom stereocenters. The van der Waals surface area contributed by atoms with Crippen LogP contribution in [0.5, 0.6) is 0 Å². The van der Waals surface area contributed by atoms with Crippen molar-refractivity contribution in [2.45, 2.75) is 51.9 Å². The van der Waals surface area contributed by atoms with E-state index in [0.29, 0.717) is 13.1 Å². The van der Waals surface area contributed by atoms with E-state index in [2.05, 4.69) is 0 Å². The molecule has 6 heteroatoms. The predicted molar refractivity (Wildman–Crippen MR) is 97.7 cm³/mol. The summed E-state index contributed by atoms with van der Waals surface area (Å²) in [7, 11) is 1.79. The van der Waals surface area contributed by atoms with Crippen molar-refractivity contribution < 1.29 is 19.1 Å². The maximum absolute atomic E-state index is 12.2. The van der Waals surface area contributed by atoms with Crippen LogP contribution in [0.15, 0.2) is 30.3 Å². The number of ether oxygens (including phenoxy) is 2. The quantitative estimate of drug-likeness (QED) is 0.825. The Morgan fingerprint density at radius 1 is 1.19 bits per heavy atom. The second kappa shape index (κ2) is 6.82. The number of amides is 2. The molecule has 1 spiro atoms. The molecule has 26 heavy (non-hydrogen) atoms. The van der Waals surface area contributed by atoms with Crippen LogP contribution >= 0.6 is 0 Å². The van der Waals surface area contributed by atoms with Crippen molar-refractivity contribution >= 4 is 12.2 Å². The van der Waals surface area contributed by atoms with Crippen LogP contribution in [0.3, 0.4) is 0 Å². The van der Waals surface area contributed by atoms with Gasteiger partial charge in [-0.25, -0.2) is 9.59 Å². The number of carbonyl (C=O) groups is 2. The van der Waals surface area contributed by atoms with Gasteiger partial charge in [0, 0.05) is 31.6 Å². The van der Waals surface area contributed by atoms with Gasteiger partial charge in [0.1, 0.15) is 12.2 Å². The lowest BCUT2D eigenvalue weighted by Crippen LogP contribution is -2.68. The van der Waals surface area contributed by atoms with E-state index in [4.69, 9.17) is 9.47 Å². The van der Waals surface area contributed by atoms with Gasteiger partial charge in [-0.1, -0.05) is 30.3 Å². The normalized spacial score (nSPS) is 18.7. The molecule has 0 N–H and O–H groups in total. The van der Waals surface area contributed by atoms with Gasteiger partial charge < -0.3 is 19.3 Å². The van der Waals surface area contributed by atoms with E-state index in [1.807, 2.05) is 51.1 Å². The van der Waals surface area contributed by atoms with E-state index in [1.54, 1.807) is 16.8 Å². The number of rotatable bonds is 3. The second-order valence-electron chi connectivity index (χ2n) is 8.55. The van der Waals surface area contributed by atoms with Gasteiger partial charge in [-0.15, -0.1) is 0 Å². The monoisotopic (exact) mass is 360 g/mol. The van der Waals surface area contributed by atoms with Crippen LogP contribution in [0, 0.1) is 5.41 Å². The Labute approximate surface area is 155 Å². The summed E-state index contributed by atoms with van der Waals surface area (Å²) in [6.45, 7) is 7.33. The van der Waals surface area contributed by atoms with Crippen LogP contribution in [0.1, 0.15) is 39.2 Å². The zero-order chi connectivity index (χ0) is 18.9. The van der Waals surface area contributed by atoms with Crippen LogP contribution in [0.25, 0.3) is 0 Å². The zero-order valence-electron chi connectivity index (χ0n) is 16.0. The third-order valence-corrected chi connectivity index (χ3v) is 5.08. The van der Waals surface area contributed by atoms with Crippen molar-refractivity contribution in [2.24, 2.45) is 5.41 Å². The van der Waals surface area contributed by atoms with Gasteiger partial charge in [-0.2, -0.15) is 0 Å². The van der Waals surface area contributed by atoms with E-state index < -0.39 is 5.60 Å². The molecule has 1 saturated carbocycles. The minimum atomic E-state index is -0.468. The molecule has 1 aromatic carbocycles. The Balaban J connectivity index is 1.40. The summed E-state index contributed by atoms with van der Waals surface area (Å²) in [6, 6.07) is 9.84. The number of likely N-dealkylation sites (tertiary alicyclic amines) is 1. The molecule has 1 aliphatic heterocycles. The van der Waals surface area contributed by atoms with Crippen LogP contribution in [-0.2, 0) is 16.1 Å². The van der Waals surface area contributed by atoms with E-state index in [1.165, 1.54) is 0 Å². The standard InChI is InChI=1S/C20H28N2O4/c1-19(2,3)26-18(24)22-13-20(14-22)10-16(11-20)21(4)17(23)25-12-15-8-6-5-7-9-15/h5-9,16H,10-14H2,1-4H3. The summed E-state index contributed by atoms with van der Waals surface area (Å²) < 4.78 is 10.8. The summed E-state index contributed by atoms with van der Waals surface area (Å²) in [5.74, 6) is 0. The first kappa shape index (κ1) is 18.5. The minimum absolute atomic E-state index is 0.148. The molecule has 3 rings (SSSR count). The Bertz CT molecular complexity index is 654. The van der Waals surface area contributed by atoms with Crippen LogP contribution in [0.4, 0.5) is 9.59 Å².